The maximum absolute atomic E-state index is 12.1. The normalized spacial score (nSPS) is 10.9. The molecule has 0 aliphatic carbocycles. The molecule has 0 bridgehead atoms. The Kier molecular flexibility index (Phi) is 4.12. The zero-order valence-electron chi connectivity index (χ0n) is 12.3. The number of halogens is 1. The molecule has 3 aromatic rings. The number of benzene rings is 1. The molecule has 0 spiro atoms. The van der Waals surface area contributed by atoms with E-state index in [1.807, 2.05) is 6.92 Å². The molecule has 0 saturated heterocycles. The number of amides is 1. The standard InChI is InChI=1S/C15H14ClN5O2/c1-2-3-11-8-12(22)21-15(17-11)19-14(20-21)18-13(23)9-4-6-10(16)7-5-9/h4-8H,2-3H2,1H3,(H2,17,18,19,20,23). The number of aromatic amines is 1. The number of carbonyl (C=O) groups excluding carboxylic acids is 1. The van der Waals surface area contributed by atoms with Crippen LogP contribution in [-0.2, 0) is 6.42 Å². The van der Waals surface area contributed by atoms with E-state index >= 15 is 0 Å². The molecule has 0 unspecified atom stereocenters. The molecule has 0 atom stereocenters. The third-order valence-corrected chi connectivity index (χ3v) is 3.48. The smallest absolute Gasteiger partial charge is 0.274 e. The third kappa shape index (κ3) is 3.24. The van der Waals surface area contributed by atoms with Crippen LogP contribution in [0.15, 0.2) is 35.1 Å². The fourth-order valence-corrected chi connectivity index (χ4v) is 2.27. The molecule has 118 valence electrons. The molecule has 0 fully saturated rings. The van der Waals surface area contributed by atoms with Gasteiger partial charge in [-0.1, -0.05) is 24.9 Å². The Morgan fingerprint density at radius 2 is 2.04 bits per heavy atom. The van der Waals surface area contributed by atoms with Gasteiger partial charge in [-0.25, -0.2) is 4.98 Å². The number of nitrogens with zero attached hydrogens (tertiary/aromatic N) is 3. The Hall–Kier alpha value is -2.67. The average molecular weight is 332 g/mol. The zero-order chi connectivity index (χ0) is 16.4. The van der Waals surface area contributed by atoms with E-state index in [-0.39, 0.29) is 23.2 Å². The van der Waals surface area contributed by atoms with Gasteiger partial charge < -0.3 is 0 Å². The van der Waals surface area contributed by atoms with Gasteiger partial charge in [-0.15, -0.1) is 0 Å². The first kappa shape index (κ1) is 15.2. The molecule has 3 rings (SSSR count). The van der Waals surface area contributed by atoms with Crippen molar-refractivity contribution in [3.05, 3.63) is 57.0 Å². The Bertz CT molecular complexity index is 914. The van der Waals surface area contributed by atoms with E-state index in [1.165, 1.54) is 10.6 Å². The predicted octanol–water partition coefficient (Wildman–Crippen LogP) is 2.28. The third-order valence-electron chi connectivity index (χ3n) is 3.23. The van der Waals surface area contributed by atoms with Crippen molar-refractivity contribution in [3.8, 4) is 0 Å². The molecular weight excluding hydrogens is 318 g/mol. The van der Waals surface area contributed by atoms with Crippen molar-refractivity contribution in [2.75, 3.05) is 5.32 Å². The summed E-state index contributed by atoms with van der Waals surface area (Å²) in [5.41, 5.74) is 0.847. The van der Waals surface area contributed by atoms with Gasteiger partial charge in [0.25, 0.3) is 17.2 Å². The van der Waals surface area contributed by atoms with Gasteiger partial charge in [0, 0.05) is 16.7 Å². The van der Waals surface area contributed by atoms with Crippen LogP contribution in [0, 0.1) is 0 Å². The minimum absolute atomic E-state index is 0.156. The molecule has 1 amide bonds. The molecule has 7 nitrogen and oxygen atoms in total. The fraction of sp³-hybridized carbons (Fsp3) is 0.200. The van der Waals surface area contributed by atoms with E-state index < -0.39 is 0 Å². The van der Waals surface area contributed by atoms with Gasteiger partial charge in [0.15, 0.2) is 0 Å². The lowest BCUT2D eigenvalue weighted by Crippen LogP contribution is -2.16. The number of H-pyrrole nitrogens is 1. The number of rotatable bonds is 4. The zero-order valence-corrected chi connectivity index (χ0v) is 13.1. The highest BCUT2D eigenvalue weighted by Crippen LogP contribution is 2.11. The Morgan fingerprint density at radius 1 is 1.30 bits per heavy atom. The second kappa shape index (κ2) is 6.21. The molecular formula is C15H14ClN5O2. The molecule has 0 radical (unpaired) electrons. The Labute approximate surface area is 136 Å². The number of aryl methyl sites for hydroxylation is 1. The molecule has 2 heterocycles. The van der Waals surface area contributed by atoms with Crippen molar-refractivity contribution < 1.29 is 4.79 Å². The van der Waals surface area contributed by atoms with E-state index in [4.69, 9.17) is 11.6 Å². The van der Waals surface area contributed by atoms with Gasteiger partial charge in [-0.2, -0.15) is 9.50 Å². The van der Waals surface area contributed by atoms with Gasteiger partial charge in [-0.05, 0) is 30.7 Å². The van der Waals surface area contributed by atoms with Gasteiger partial charge in [-0.3, -0.25) is 20.0 Å². The summed E-state index contributed by atoms with van der Waals surface area (Å²) in [5, 5.41) is 5.86. The van der Waals surface area contributed by atoms with Crippen LogP contribution in [0.25, 0.3) is 5.78 Å². The molecule has 1 aromatic carbocycles. The first-order chi connectivity index (χ1) is 11.1. The number of fused-ring (bicyclic) bond motifs is 1. The highest BCUT2D eigenvalue weighted by molar-refractivity contribution is 6.30. The number of hydrogen-bond acceptors (Lipinski definition) is 4. The van der Waals surface area contributed by atoms with E-state index in [1.54, 1.807) is 24.3 Å². The summed E-state index contributed by atoms with van der Waals surface area (Å²) in [4.78, 5) is 32.6. The molecule has 0 aliphatic heterocycles. The van der Waals surface area contributed by atoms with Crippen LogP contribution < -0.4 is 10.9 Å². The quantitative estimate of drug-likeness (QED) is 0.767. The summed E-state index contributed by atoms with van der Waals surface area (Å²) in [5.74, 6) is 0.0260. The summed E-state index contributed by atoms with van der Waals surface area (Å²) in [6.45, 7) is 2.01. The van der Waals surface area contributed by atoms with Crippen molar-refractivity contribution in [2.24, 2.45) is 0 Å². The molecule has 23 heavy (non-hydrogen) atoms. The highest BCUT2D eigenvalue weighted by Gasteiger charge is 2.11. The maximum atomic E-state index is 12.1. The maximum Gasteiger partial charge on any atom is 0.274 e. The highest BCUT2D eigenvalue weighted by atomic mass is 35.5. The van der Waals surface area contributed by atoms with Crippen molar-refractivity contribution in [2.45, 2.75) is 19.8 Å². The SMILES string of the molecule is CCCc1cc(=O)n2[nH]c(NC(=O)c3ccc(Cl)cc3)nc2n1. The van der Waals surface area contributed by atoms with Gasteiger partial charge in [0.05, 0.1) is 5.69 Å². The summed E-state index contributed by atoms with van der Waals surface area (Å²) >= 11 is 5.79. The minimum atomic E-state index is -0.359. The summed E-state index contributed by atoms with van der Waals surface area (Å²) < 4.78 is 1.19. The monoisotopic (exact) mass is 331 g/mol. The Morgan fingerprint density at radius 3 is 2.74 bits per heavy atom. The van der Waals surface area contributed by atoms with Gasteiger partial charge in [0.1, 0.15) is 0 Å². The molecule has 0 aliphatic rings. The van der Waals surface area contributed by atoms with Crippen LogP contribution in [0.5, 0.6) is 0 Å². The van der Waals surface area contributed by atoms with Gasteiger partial charge >= 0.3 is 0 Å². The van der Waals surface area contributed by atoms with Crippen LogP contribution in [0.3, 0.4) is 0 Å². The van der Waals surface area contributed by atoms with Gasteiger partial charge in [0.2, 0.25) is 5.95 Å². The summed E-state index contributed by atoms with van der Waals surface area (Å²) in [7, 11) is 0. The largest absolute Gasteiger partial charge is 0.291 e. The van der Waals surface area contributed by atoms with Crippen LogP contribution in [-0.4, -0.2) is 25.5 Å². The second-order valence-electron chi connectivity index (χ2n) is 5.00. The van der Waals surface area contributed by atoms with Crippen molar-refractivity contribution in [3.63, 3.8) is 0 Å². The molecule has 0 saturated carbocycles. The van der Waals surface area contributed by atoms with Crippen LogP contribution in [0.2, 0.25) is 5.02 Å². The van der Waals surface area contributed by atoms with Crippen LogP contribution in [0.1, 0.15) is 29.4 Å². The van der Waals surface area contributed by atoms with E-state index in [0.29, 0.717) is 22.7 Å². The second-order valence-corrected chi connectivity index (χ2v) is 5.44. The van der Waals surface area contributed by atoms with E-state index in [9.17, 15) is 9.59 Å². The number of nitrogens with one attached hydrogen (secondary N) is 2. The van der Waals surface area contributed by atoms with E-state index in [2.05, 4.69) is 20.4 Å². The summed E-state index contributed by atoms with van der Waals surface area (Å²) in [6.07, 6.45) is 1.58. The van der Waals surface area contributed by atoms with Crippen LogP contribution >= 0.6 is 11.6 Å². The fourth-order valence-electron chi connectivity index (χ4n) is 2.15. The summed E-state index contributed by atoms with van der Waals surface area (Å²) in [6, 6.07) is 7.91. The Balaban J connectivity index is 1.88. The molecule has 2 N–H and O–H groups in total. The first-order valence-corrected chi connectivity index (χ1v) is 7.50. The van der Waals surface area contributed by atoms with Crippen molar-refractivity contribution >= 4 is 29.2 Å². The number of aromatic nitrogens is 4. The molecule has 2 aromatic heterocycles. The lowest BCUT2D eigenvalue weighted by atomic mass is 10.2. The van der Waals surface area contributed by atoms with Crippen molar-refractivity contribution in [1.82, 2.24) is 19.6 Å². The molecule has 8 heteroatoms. The first-order valence-electron chi connectivity index (χ1n) is 7.12. The predicted molar refractivity (Wildman–Crippen MR) is 87.0 cm³/mol. The average Bonchev–Trinajstić information content (AvgIpc) is 2.91. The van der Waals surface area contributed by atoms with Crippen molar-refractivity contribution in [1.29, 1.82) is 0 Å². The number of anilines is 1. The number of carbonyl (C=O) groups is 1. The minimum Gasteiger partial charge on any atom is -0.291 e. The van der Waals surface area contributed by atoms with E-state index in [0.717, 1.165) is 6.42 Å². The lowest BCUT2D eigenvalue weighted by molar-refractivity contribution is 0.102. The topological polar surface area (TPSA) is 92.2 Å². The number of hydrogen-bond donors (Lipinski definition) is 2. The van der Waals surface area contributed by atoms with Crippen LogP contribution in [0.4, 0.5) is 5.95 Å². The lowest BCUT2D eigenvalue weighted by Gasteiger charge is -2.01.